The molecule has 0 radical (unpaired) electrons. The van der Waals surface area contributed by atoms with Gasteiger partial charge in [-0.25, -0.2) is 0 Å². The summed E-state index contributed by atoms with van der Waals surface area (Å²) >= 11 is 0. The number of carbonyl (C=O) groups is 1. The summed E-state index contributed by atoms with van der Waals surface area (Å²) in [4.78, 5) is 15.8. The second kappa shape index (κ2) is 4.75. The van der Waals surface area contributed by atoms with Crippen molar-refractivity contribution in [1.29, 1.82) is 0 Å². The van der Waals surface area contributed by atoms with Gasteiger partial charge in [-0.05, 0) is 20.4 Å². The van der Waals surface area contributed by atoms with Gasteiger partial charge in [-0.3, -0.25) is 9.69 Å². The van der Waals surface area contributed by atoms with Gasteiger partial charge in [0, 0.05) is 25.7 Å². The Bertz CT molecular complexity index is 206. The number of amides is 1. The number of nitrogens with two attached hydrogens (primary N) is 1. The first-order chi connectivity index (χ1) is 6.56. The maximum absolute atomic E-state index is 11.6. The normalized spacial score (nSPS) is 26.3. The molecule has 1 fully saturated rings. The van der Waals surface area contributed by atoms with E-state index in [1.54, 1.807) is 6.92 Å². The Balaban J connectivity index is 2.54. The van der Waals surface area contributed by atoms with Gasteiger partial charge in [0.15, 0.2) is 0 Å². The van der Waals surface area contributed by atoms with E-state index in [0.29, 0.717) is 6.04 Å². The fraction of sp³-hybridized carbons (Fsp3) is 0.900. The van der Waals surface area contributed by atoms with Crippen LogP contribution in [0.2, 0.25) is 0 Å². The predicted molar refractivity (Wildman–Crippen MR) is 56.9 cm³/mol. The van der Waals surface area contributed by atoms with Crippen molar-refractivity contribution in [3.05, 3.63) is 0 Å². The number of piperazine rings is 1. The van der Waals surface area contributed by atoms with Crippen molar-refractivity contribution < 1.29 is 4.79 Å². The number of likely N-dealkylation sites (N-methyl/N-ethyl adjacent to an activating group) is 1. The first kappa shape index (κ1) is 11.5. The van der Waals surface area contributed by atoms with E-state index in [9.17, 15) is 4.79 Å². The van der Waals surface area contributed by atoms with Crippen molar-refractivity contribution in [2.75, 3.05) is 26.7 Å². The molecular formula is C10H21N3O. The molecule has 0 aromatic heterocycles. The van der Waals surface area contributed by atoms with Crippen LogP contribution >= 0.6 is 0 Å². The van der Waals surface area contributed by atoms with Crippen molar-refractivity contribution in [1.82, 2.24) is 9.80 Å². The molecule has 0 bridgehead atoms. The number of hydrogen-bond acceptors (Lipinski definition) is 3. The van der Waals surface area contributed by atoms with Crippen molar-refractivity contribution in [3.8, 4) is 0 Å². The highest BCUT2D eigenvalue weighted by atomic mass is 16.2. The van der Waals surface area contributed by atoms with Gasteiger partial charge < -0.3 is 10.6 Å². The Hall–Kier alpha value is -0.610. The SMILES string of the molecule is CCC1CN(C(=O)[C@@H](C)N)CCN1C. The second-order valence-corrected chi connectivity index (χ2v) is 4.12. The Morgan fingerprint density at radius 2 is 2.21 bits per heavy atom. The highest BCUT2D eigenvalue weighted by molar-refractivity contribution is 5.81. The van der Waals surface area contributed by atoms with Crippen LogP contribution < -0.4 is 5.73 Å². The molecule has 1 aliphatic rings. The molecule has 0 aromatic rings. The molecule has 4 nitrogen and oxygen atoms in total. The summed E-state index contributed by atoms with van der Waals surface area (Å²) in [7, 11) is 2.11. The van der Waals surface area contributed by atoms with Gasteiger partial charge in [-0.1, -0.05) is 6.92 Å². The van der Waals surface area contributed by atoms with Crippen LogP contribution in [-0.4, -0.2) is 54.5 Å². The molecule has 0 aliphatic carbocycles. The first-order valence-electron chi connectivity index (χ1n) is 5.30. The highest BCUT2D eigenvalue weighted by Crippen LogP contribution is 2.11. The van der Waals surface area contributed by atoms with Crippen LogP contribution in [0.4, 0.5) is 0 Å². The Morgan fingerprint density at radius 1 is 1.57 bits per heavy atom. The van der Waals surface area contributed by atoms with Crippen molar-refractivity contribution in [2.45, 2.75) is 32.4 Å². The summed E-state index contributed by atoms with van der Waals surface area (Å²) in [6.07, 6.45) is 1.08. The summed E-state index contributed by atoms with van der Waals surface area (Å²) < 4.78 is 0. The largest absolute Gasteiger partial charge is 0.339 e. The Labute approximate surface area is 86.0 Å². The summed E-state index contributed by atoms with van der Waals surface area (Å²) in [6.45, 7) is 6.50. The molecule has 2 N–H and O–H groups in total. The molecule has 1 saturated heterocycles. The third kappa shape index (κ3) is 2.45. The van der Waals surface area contributed by atoms with Crippen LogP contribution in [-0.2, 0) is 4.79 Å². The first-order valence-corrected chi connectivity index (χ1v) is 5.30. The molecule has 14 heavy (non-hydrogen) atoms. The van der Waals surface area contributed by atoms with Crippen molar-refractivity contribution in [2.24, 2.45) is 5.73 Å². The smallest absolute Gasteiger partial charge is 0.239 e. The Kier molecular flexibility index (Phi) is 3.89. The van der Waals surface area contributed by atoms with Gasteiger partial charge in [-0.2, -0.15) is 0 Å². The molecule has 0 saturated carbocycles. The Morgan fingerprint density at radius 3 is 2.71 bits per heavy atom. The van der Waals surface area contributed by atoms with Gasteiger partial charge in [0.2, 0.25) is 5.91 Å². The van der Waals surface area contributed by atoms with E-state index in [1.807, 2.05) is 4.90 Å². The molecule has 4 heteroatoms. The van der Waals surface area contributed by atoms with Crippen molar-refractivity contribution in [3.63, 3.8) is 0 Å². The average molecular weight is 199 g/mol. The lowest BCUT2D eigenvalue weighted by Gasteiger charge is -2.39. The lowest BCUT2D eigenvalue weighted by Crippen LogP contribution is -2.55. The second-order valence-electron chi connectivity index (χ2n) is 4.12. The fourth-order valence-electron chi connectivity index (χ4n) is 1.88. The van der Waals surface area contributed by atoms with E-state index >= 15 is 0 Å². The van der Waals surface area contributed by atoms with Crippen LogP contribution in [0.3, 0.4) is 0 Å². The number of hydrogen-bond donors (Lipinski definition) is 1. The van der Waals surface area contributed by atoms with E-state index in [0.717, 1.165) is 26.1 Å². The summed E-state index contributed by atoms with van der Waals surface area (Å²) in [5.41, 5.74) is 5.58. The predicted octanol–water partition coefficient (Wildman–Crippen LogP) is -0.114. The topological polar surface area (TPSA) is 49.6 Å². The molecule has 1 aliphatic heterocycles. The zero-order valence-corrected chi connectivity index (χ0v) is 9.36. The van der Waals surface area contributed by atoms with E-state index < -0.39 is 0 Å². The van der Waals surface area contributed by atoms with Crippen LogP contribution in [0.25, 0.3) is 0 Å². The minimum absolute atomic E-state index is 0.0801. The molecule has 82 valence electrons. The van der Waals surface area contributed by atoms with Crippen LogP contribution in [0.5, 0.6) is 0 Å². The van der Waals surface area contributed by atoms with Gasteiger partial charge >= 0.3 is 0 Å². The number of nitrogens with zero attached hydrogens (tertiary/aromatic N) is 2. The van der Waals surface area contributed by atoms with E-state index in [-0.39, 0.29) is 11.9 Å². The van der Waals surface area contributed by atoms with Crippen LogP contribution in [0, 0.1) is 0 Å². The van der Waals surface area contributed by atoms with E-state index in [1.165, 1.54) is 0 Å². The van der Waals surface area contributed by atoms with Gasteiger partial charge in [0.25, 0.3) is 0 Å². The lowest BCUT2D eigenvalue weighted by atomic mass is 10.1. The van der Waals surface area contributed by atoms with Crippen LogP contribution in [0.1, 0.15) is 20.3 Å². The molecule has 0 spiro atoms. The quantitative estimate of drug-likeness (QED) is 0.675. The highest BCUT2D eigenvalue weighted by Gasteiger charge is 2.27. The van der Waals surface area contributed by atoms with E-state index in [2.05, 4.69) is 18.9 Å². The maximum Gasteiger partial charge on any atom is 0.239 e. The molecular weight excluding hydrogens is 178 g/mol. The zero-order chi connectivity index (χ0) is 10.7. The zero-order valence-electron chi connectivity index (χ0n) is 9.36. The maximum atomic E-state index is 11.6. The fourth-order valence-corrected chi connectivity index (χ4v) is 1.88. The molecule has 1 heterocycles. The third-order valence-corrected chi connectivity index (χ3v) is 2.95. The van der Waals surface area contributed by atoms with Gasteiger partial charge in [-0.15, -0.1) is 0 Å². The number of carbonyl (C=O) groups excluding carboxylic acids is 1. The van der Waals surface area contributed by atoms with Crippen molar-refractivity contribution >= 4 is 5.91 Å². The molecule has 1 amide bonds. The molecule has 2 atom stereocenters. The minimum Gasteiger partial charge on any atom is -0.339 e. The van der Waals surface area contributed by atoms with Gasteiger partial charge in [0.05, 0.1) is 6.04 Å². The average Bonchev–Trinajstić information content (AvgIpc) is 2.17. The molecule has 0 aromatic carbocycles. The van der Waals surface area contributed by atoms with Crippen LogP contribution in [0.15, 0.2) is 0 Å². The molecule has 1 unspecified atom stereocenters. The molecule has 1 rings (SSSR count). The van der Waals surface area contributed by atoms with E-state index in [4.69, 9.17) is 5.73 Å². The summed E-state index contributed by atoms with van der Waals surface area (Å²) in [5.74, 6) is 0.0801. The lowest BCUT2D eigenvalue weighted by molar-refractivity contribution is -0.135. The summed E-state index contributed by atoms with van der Waals surface area (Å²) in [5, 5.41) is 0. The van der Waals surface area contributed by atoms with Gasteiger partial charge in [0.1, 0.15) is 0 Å². The third-order valence-electron chi connectivity index (χ3n) is 2.95. The monoisotopic (exact) mass is 199 g/mol. The summed E-state index contributed by atoms with van der Waals surface area (Å²) in [6, 6.07) is 0.127. The minimum atomic E-state index is -0.365. The standard InChI is InChI=1S/C10H21N3O/c1-4-9-7-13(6-5-12(9)3)10(14)8(2)11/h8-9H,4-7,11H2,1-3H3/t8-,9?/m1/s1. The number of rotatable bonds is 2.